The first-order chi connectivity index (χ1) is 16.9. The predicted molar refractivity (Wildman–Crippen MR) is 140 cm³/mol. The Balaban J connectivity index is 1.29. The molecule has 2 aliphatic heterocycles. The summed E-state index contributed by atoms with van der Waals surface area (Å²) < 4.78 is 8.19. The number of nitrogens with one attached hydrogen (secondary N) is 1. The van der Waals surface area contributed by atoms with Gasteiger partial charge in [-0.2, -0.15) is 0 Å². The van der Waals surface area contributed by atoms with Gasteiger partial charge in [0, 0.05) is 26.7 Å². The first-order valence-corrected chi connectivity index (χ1v) is 14.4. The van der Waals surface area contributed by atoms with Crippen molar-refractivity contribution in [1.29, 1.82) is 0 Å². The number of hydrogen-bond donors (Lipinski definition) is 2. The van der Waals surface area contributed by atoms with E-state index in [4.69, 9.17) is 4.74 Å². The number of rotatable bonds is 9. The van der Waals surface area contributed by atoms with Crippen molar-refractivity contribution >= 4 is 35.4 Å². The lowest BCUT2D eigenvalue weighted by atomic mass is 9.68. The number of ether oxygens (including phenoxy) is 1. The summed E-state index contributed by atoms with van der Waals surface area (Å²) in [5.41, 5.74) is 0.157. The molecule has 0 bridgehead atoms. The number of amides is 1. The topological polar surface area (TPSA) is 93.5 Å². The molecule has 0 spiro atoms. The second-order valence-electron chi connectivity index (χ2n) is 10.0. The van der Waals surface area contributed by atoms with E-state index in [0.717, 1.165) is 60.0 Å². The Kier molecular flexibility index (Phi) is 9.41. The Morgan fingerprint density at radius 1 is 1.20 bits per heavy atom. The molecule has 1 unspecified atom stereocenters. The third-order valence-electron chi connectivity index (χ3n) is 7.66. The van der Waals surface area contributed by atoms with Gasteiger partial charge in [0.15, 0.2) is 5.16 Å². The van der Waals surface area contributed by atoms with Crippen LogP contribution in [0.1, 0.15) is 75.2 Å². The summed E-state index contributed by atoms with van der Waals surface area (Å²) in [6, 6.07) is 0. The highest BCUT2D eigenvalue weighted by Gasteiger charge is 2.33. The lowest BCUT2D eigenvalue weighted by Crippen LogP contribution is -2.32. The van der Waals surface area contributed by atoms with Crippen LogP contribution < -0.4 is 5.32 Å². The average molecular weight is 520 g/mol. The second-order valence-corrected chi connectivity index (χ2v) is 12.4. The minimum Gasteiger partial charge on any atom is -0.477 e. The smallest absolute Gasteiger partial charge is 0.354 e. The molecule has 0 radical (unpaired) electrons. The van der Waals surface area contributed by atoms with Crippen molar-refractivity contribution in [3.8, 4) is 0 Å². The van der Waals surface area contributed by atoms with Crippen LogP contribution in [0.25, 0.3) is 0 Å². The minimum absolute atomic E-state index is 0.0846. The van der Waals surface area contributed by atoms with Gasteiger partial charge in [-0.15, -0.1) is 0 Å². The van der Waals surface area contributed by atoms with E-state index in [9.17, 15) is 14.7 Å². The highest BCUT2D eigenvalue weighted by atomic mass is 32.2. The van der Waals surface area contributed by atoms with Crippen LogP contribution in [-0.2, 0) is 16.6 Å². The molecule has 1 saturated carbocycles. The van der Waals surface area contributed by atoms with Crippen LogP contribution in [0.5, 0.6) is 0 Å². The molecule has 4 rings (SSSR count). The van der Waals surface area contributed by atoms with E-state index < -0.39 is 5.97 Å². The molecule has 2 fully saturated rings. The van der Waals surface area contributed by atoms with Gasteiger partial charge < -0.3 is 19.7 Å². The Labute approximate surface area is 216 Å². The fourth-order valence-corrected chi connectivity index (χ4v) is 7.68. The van der Waals surface area contributed by atoms with E-state index in [1.165, 1.54) is 55.4 Å². The molecular formula is C26H37N3O4S2. The van der Waals surface area contributed by atoms with Gasteiger partial charge in [-0.1, -0.05) is 37.6 Å². The van der Waals surface area contributed by atoms with Crippen LogP contribution in [0, 0.1) is 23.7 Å². The van der Waals surface area contributed by atoms with Crippen molar-refractivity contribution < 1.29 is 19.4 Å². The summed E-state index contributed by atoms with van der Waals surface area (Å²) >= 11 is 2.93. The molecule has 3 heterocycles. The maximum Gasteiger partial charge on any atom is 0.354 e. The summed E-state index contributed by atoms with van der Waals surface area (Å²) in [6.07, 6.45) is 15.2. The number of carbonyl (C=O) groups is 2. The van der Waals surface area contributed by atoms with Gasteiger partial charge in [-0.3, -0.25) is 4.79 Å². The van der Waals surface area contributed by atoms with Gasteiger partial charge in [0.1, 0.15) is 5.69 Å². The maximum absolute atomic E-state index is 12.9. The molecule has 9 heteroatoms. The molecule has 1 amide bonds. The third kappa shape index (κ3) is 7.17. The van der Waals surface area contributed by atoms with Gasteiger partial charge in [0.2, 0.25) is 5.91 Å². The lowest BCUT2D eigenvalue weighted by Gasteiger charge is -2.39. The molecular weight excluding hydrogens is 482 g/mol. The van der Waals surface area contributed by atoms with Gasteiger partial charge >= 0.3 is 5.97 Å². The number of aromatic carboxylic acids is 1. The molecule has 35 heavy (non-hydrogen) atoms. The predicted octanol–water partition coefficient (Wildman–Crippen LogP) is 5.80. The summed E-state index contributed by atoms with van der Waals surface area (Å²) in [7, 11) is 1.70. The standard InChI is InChI=1S/C26H37N3O4S2/c1-17-6-8-18(9-7-17)20(19-12-14-33-15-13-19)10-11-22(30)28-23-4-3-5-24(34-23)35-26-27-16-21(25(31)32)29(26)2/h4-5,16-20H,3,6-15H2,1-2H3,(H,28,30)(H,31,32). The number of imidazole rings is 1. The summed E-state index contributed by atoms with van der Waals surface area (Å²) in [6.45, 7) is 4.08. The van der Waals surface area contributed by atoms with Crippen LogP contribution in [0.4, 0.5) is 0 Å². The van der Waals surface area contributed by atoms with Crippen molar-refractivity contribution in [3.05, 3.63) is 33.3 Å². The summed E-state index contributed by atoms with van der Waals surface area (Å²) in [4.78, 5) is 28.4. The summed E-state index contributed by atoms with van der Waals surface area (Å²) in [5, 5.41) is 13.8. The molecule has 1 aromatic rings. The fourth-order valence-electron chi connectivity index (χ4n) is 5.58. The molecule has 0 aromatic carbocycles. The van der Waals surface area contributed by atoms with E-state index in [2.05, 4.69) is 23.3 Å². The Morgan fingerprint density at radius 2 is 1.91 bits per heavy atom. The van der Waals surface area contributed by atoms with Gasteiger partial charge in [0.25, 0.3) is 0 Å². The number of aromatic nitrogens is 2. The van der Waals surface area contributed by atoms with Gasteiger partial charge in [-0.25, -0.2) is 9.78 Å². The van der Waals surface area contributed by atoms with E-state index >= 15 is 0 Å². The largest absolute Gasteiger partial charge is 0.477 e. The molecule has 1 aliphatic carbocycles. The van der Waals surface area contributed by atoms with Crippen molar-refractivity contribution in [3.63, 3.8) is 0 Å². The molecule has 1 atom stereocenters. The number of nitrogens with zero attached hydrogens (tertiary/aromatic N) is 2. The Hall–Kier alpha value is -1.71. The average Bonchev–Trinajstić information content (AvgIpc) is 3.21. The van der Waals surface area contributed by atoms with Crippen LogP contribution in [0.2, 0.25) is 0 Å². The normalized spacial score (nSPS) is 24.4. The van der Waals surface area contributed by atoms with Gasteiger partial charge in [0.05, 0.1) is 15.5 Å². The van der Waals surface area contributed by atoms with E-state index in [1.54, 1.807) is 11.6 Å². The van der Waals surface area contributed by atoms with Gasteiger partial charge in [-0.05, 0) is 80.0 Å². The second kappa shape index (κ2) is 12.5. The highest BCUT2D eigenvalue weighted by Crippen LogP contribution is 2.42. The highest BCUT2D eigenvalue weighted by molar-refractivity contribution is 8.23. The van der Waals surface area contributed by atoms with Crippen LogP contribution in [0.15, 0.2) is 32.8 Å². The molecule has 1 aromatic heterocycles. The molecule has 7 nitrogen and oxygen atoms in total. The van der Waals surface area contributed by atoms with E-state index in [-0.39, 0.29) is 11.6 Å². The molecule has 192 valence electrons. The zero-order valence-electron chi connectivity index (χ0n) is 20.7. The molecule has 1 saturated heterocycles. The monoisotopic (exact) mass is 519 g/mol. The van der Waals surface area contributed by atoms with Crippen LogP contribution in [0.3, 0.4) is 0 Å². The lowest BCUT2D eigenvalue weighted by molar-refractivity contribution is -0.120. The third-order valence-corrected chi connectivity index (χ3v) is 9.95. The van der Waals surface area contributed by atoms with Crippen molar-refractivity contribution in [1.82, 2.24) is 14.9 Å². The quantitative estimate of drug-likeness (QED) is 0.426. The Bertz CT molecular complexity index is 960. The number of carboxylic acids is 1. The maximum atomic E-state index is 12.9. The molecule has 2 N–H and O–H groups in total. The number of allylic oxidation sites excluding steroid dienone is 2. The van der Waals surface area contributed by atoms with Crippen LogP contribution >= 0.6 is 23.5 Å². The SMILES string of the molecule is CC1CCC(C(CCC(=O)NC2=CCC=C(Sc3ncc(C(=O)O)n3C)S2)C2CCOCC2)CC1. The zero-order valence-corrected chi connectivity index (χ0v) is 22.3. The Morgan fingerprint density at radius 3 is 2.60 bits per heavy atom. The number of carboxylic acid groups (broad SMARTS) is 1. The summed E-state index contributed by atoms with van der Waals surface area (Å²) in [5.74, 6) is 1.96. The van der Waals surface area contributed by atoms with Crippen LogP contribution in [-0.4, -0.2) is 39.7 Å². The first-order valence-electron chi connectivity index (χ1n) is 12.8. The van der Waals surface area contributed by atoms with Crippen molar-refractivity contribution in [2.24, 2.45) is 30.7 Å². The fraction of sp³-hybridized carbons (Fsp3) is 0.654. The molecule has 3 aliphatic rings. The number of carbonyl (C=O) groups excluding carboxylic acids is 1. The minimum atomic E-state index is -0.994. The first kappa shape index (κ1) is 26.4. The van der Waals surface area contributed by atoms with Crippen molar-refractivity contribution in [2.45, 2.75) is 69.9 Å². The number of thioether (sulfide) groups is 2. The number of hydrogen-bond acceptors (Lipinski definition) is 6. The van der Waals surface area contributed by atoms with E-state index in [0.29, 0.717) is 23.4 Å². The van der Waals surface area contributed by atoms with E-state index in [1.807, 2.05) is 6.08 Å². The van der Waals surface area contributed by atoms with Crippen molar-refractivity contribution in [2.75, 3.05) is 13.2 Å². The zero-order chi connectivity index (χ0) is 24.8.